The summed E-state index contributed by atoms with van der Waals surface area (Å²) < 4.78 is 0. The van der Waals surface area contributed by atoms with Gasteiger partial charge in [0.1, 0.15) is 0 Å². The summed E-state index contributed by atoms with van der Waals surface area (Å²) >= 11 is 9.54. The summed E-state index contributed by atoms with van der Waals surface area (Å²) in [6, 6.07) is 8.15. The van der Waals surface area contributed by atoms with Crippen LogP contribution in [0.25, 0.3) is 0 Å². The van der Waals surface area contributed by atoms with Crippen LogP contribution < -0.4 is 0 Å². The Morgan fingerprint density at radius 1 is 1.20 bits per heavy atom. The second kappa shape index (κ2) is 6.55. The van der Waals surface area contributed by atoms with Crippen molar-refractivity contribution in [3.8, 4) is 0 Å². The fourth-order valence-corrected chi connectivity index (χ4v) is 1.94. The van der Waals surface area contributed by atoms with Gasteiger partial charge in [-0.15, -0.1) is 0 Å². The van der Waals surface area contributed by atoms with Crippen molar-refractivity contribution in [1.82, 2.24) is 0 Å². The first-order valence-electron chi connectivity index (χ1n) is 5.48. The Morgan fingerprint density at radius 2 is 1.80 bits per heavy atom. The lowest BCUT2D eigenvalue weighted by Crippen LogP contribution is -2.06. The molecule has 0 aliphatic carbocycles. The molecule has 1 unspecified atom stereocenters. The summed E-state index contributed by atoms with van der Waals surface area (Å²) in [5, 5.41) is 0.819. The second-order valence-corrected chi connectivity index (χ2v) is 5.89. The van der Waals surface area contributed by atoms with Crippen molar-refractivity contribution in [2.75, 3.05) is 0 Å². The largest absolute Gasteiger partial charge is 0.0888 e. The summed E-state index contributed by atoms with van der Waals surface area (Å²) in [4.78, 5) is 0.643. The highest BCUT2D eigenvalue weighted by Crippen LogP contribution is 2.19. The van der Waals surface area contributed by atoms with E-state index in [1.165, 1.54) is 18.4 Å². The molecule has 1 aromatic rings. The number of aryl methyl sites for hydroxylation is 1. The number of alkyl halides is 1. The molecule has 0 N–H and O–H groups in total. The molecule has 1 aromatic carbocycles. The molecule has 1 rings (SSSR count). The van der Waals surface area contributed by atoms with Crippen LogP contribution in [0.2, 0.25) is 5.02 Å². The van der Waals surface area contributed by atoms with Crippen LogP contribution in [0.4, 0.5) is 0 Å². The molecule has 0 bridgehead atoms. The van der Waals surface area contributed by atoms with Crippen LogP contribution in [0.5, 0.6) is 0 Å². The summed E-state index contributed by atoms with van der Waals surface area (Å²) in [7, 11) is 0. The summed E-state index contributed by atoms with van der Waals surface area (Å²) in [6.07, 6.45) is 3.61. The zero-order chi connectivity index (χ0) is 11.3. The summed E-state index contributed by atoms with van der Waals surface area (Å²) in [6.45, 7) is 4.50. The Kier molecular flexibility index (Phi) is 5.70. The van der Waals surface area contributed by atoms with E-state index in [1.54, 1.807) is 0 Å². The first-order chi connectivity index (χ1) is 7.09. The van der Waals surface area contributed by atoms with Gasteiger partial charge in [-0.3, -0.25) is 0 Å². The van der Waals surface area contributed by atoms with E-state index in [0.29, 0.717) is 4.83 Å². The zero-order valence-corrected chi connectivity index (χ0v) is 11.7. The third-order valence-electron chi connectivity index (χ3n) is 2.58. The number of hydrogen-bond acceptors (Lipinski definition) is 0. The summed E-state index contributed by atoms with van der Waals surface area (Å²) in [5.74, 6) is 0.718. The molecular formula is C13H18BrCl. The zero-order valence-electron chi connectivity index (χ0n) is 9.34. The SMILES string of the molecule is CC(C)C(Br)CCCc1ccc(Cl)cc1. The van der Waals surface area contributed by atoms with Crippen molar-refractivity contribution in [3.63, 3.8) is 0 Å². The molecule has 0 heterocycles. The third kappa shape index (κ3) is 5.03. The van der Waals surface area contributed by atoms with E-state index in [0.717, 1.165) is 17.4 Å². The predicted octanol–water partition coefficient (Wildman–Crippen LogP) is 5.08. The molecule has 0 fully saturated rings. The van der Waals surface area contributed by atoms with Gasteiger partial charge in [0.2, 0.25) is 0 Å². The lowest BCUT2D eigenvalue weighted by Gasteiger charge is -2.12. The standard InChI is InChI=1S/C13H18BrCl/c1-10(2)13(14)5-3-4-11-6-8-12(15)9-7-11/h6-10,13H,3-5H2,1-2H3. The van der Waals surface area contributed by atoms with Crippen molar-refractivity contribution >= 4 is 27.5 Å². The molecule has 1 atom stereocenters. The van der Waals surface area contributed by atoms with E-state index in [1.807, 2.05) is 12.1 Å². The van der Waals surface area contributed by atoms with Crippen molar-refractivity contribution in [2.45, 2.75) is 37.9 Å². The number of rotatable bonds is 5. The van der Waals surface area contributed by atoms with Crippen molar-refractivity contribution < 1.29 is 0 Å². The Labute approximate surface area is 106 Å². The third-order valence-corrected chi connectivity index (χ3v) is 4.35. The molecule has 84 valence electrons. The van der Waals surface area contributed by atoms with Gasteiger partial charge in [-0.25, -0.2) is 0 Å². The number of hydrogen-bond donors (Lipinski definition) is 0. The smallest absolute Gasteiger partial charge is 0.0406 e. The maximum Gasteiger partial charge on any atom is 0.0406 e. The maximum absolute atomic E-state index is 5.83. The van der Waals surface area contributed by atoms with Crippen molar-refractivity contribution in [1.29, 1.82) is 0 Å². The normalized spacial score (nSPS) is 13.1. The highest BCUT2D eigenvalue weighted by molar-refractivity contribution is 9.09. The highest BCUT2D eigenvalue weighted by Gasteiger charge is 2.08. The van der Waals surface area contributed by atoms with Gasteiger partial charge in [0.15, 0.2) is 0 Å². The van der Waals surface area contributed by atoms with Gasteiger partial charge in [-0.05, 0) is 42.9 Å². The molecule has 0 aliphatic rings. The second-order valence-electron chi connectivity index (χ2n) is 4.28. The van der Waals surface area contributed by atoms with Gasteiger partial charge in [0, 0.05) is 9.85 Å². The van der Waals surface area contributed by atoms with Crippen molar-refractivity contribution in [2.24, 2.45) is 5.92 Å². The Morgan fingerprint density at radius 3 is 2.33 bits per heavy atom. The molecule has 0 saturated carbocycles. The first kappa shape index (κ1) is 13.1. The topological polar surface area (TPSA) is 0 Å². The quantitative estimate of drug-likeness (QED) is 0.663. The van der Waals surface area contributed by atoms with Gasteiger partial charge in [0.25, 0.3) is 0 Å². The minimum atomic E-state index is 0.643. The number of benzene rings is 1. The fourth-order valence-electron chi connectivity index (χ4n) is 1.49. The van der Waals surface area contributed by atoms with E-state index >= 15 is 0 Å². The molecule has 0 saturated heterocycles. The lowest BCUT2D eigenvalue weighted by atomic mass is 10.0. The van der Waals surface area contributed by atoms with E-state index in [2.05, 4.69) is 41.9 Å². The molecule has 0 nitrogen and oxygen atoms in total. The predicted molar refractivity (Wildman–Crippen MR) is 71.9 cm³/mol. The molecule has 15 heavy (non-hydrogen) atoms. The van der Waals surface area contributed by atoms with Crippen molar-refractivity contribution in [3.05, 3.63) is 34.9 Å². The average Bonchev–Trinajstić information content (AvgIpc) is 2.20. The van der Waals surface area contributed by atoms with Crippen LogP contribution in [0.3, 0.4) is 0 Å². The minimum absolute atomic E-state index is 0.643. The van der Waals surface area contributed by atoms with E-state index in [9.17, 15) is 0 Å². The molecule has 0 aromatic heterocycles. The van der Waals surface area contributed by atoms with E-state index in [4.69, 9.17) is 11.6 Å². The van der Waals surface area contributed by atoms with Crippen LogP contribution in [-0.2, 0) is 6.42 Å². The van der Waals surface area contributed by atoms with Crippen LogP contribution in [0, 0.1) is 5.92 Å². The van der Waals surface area contributed by atoms with Crippen LogP contribution in [0.1, 0.15) is 32.3 Å². The Hall–Kier alpha value is -0.0100. The van der Waals surface area contributed by atoms with Crippen LogP contribution in [-0.4, -0.2) is 4.83 Å². The molecular weight excluding hydrogens is 272 g/mol. The fraction of sp³-hybridized carbons (Fsp3) is 0.538. The van der Waals surface area contributed by atoms with Gasteiger partial charge >= 0.3 is 0 Å². The molecule has 0 spiro atoms. The maximum atomic E-state index is 5.83. The first-order valence-corrected chi connectivity index (χ1v) is 6.77. The van der Waals surface area contributed by atoms with E-state index in [-0.39, 0.29) is 0 Å². The highest BCUT2D eigenvalue weighted by atomic mass is 79.9. The molecule has 0 amide bonds. The van der Waals surface area contributed by atoms with Gasteiger partial charge < -0.3 is 0 Å². The van der Waals surface area contributed by atoms with Gasteiger partial charge in [-0.1, -0.05) is 53.5 Å². The Bertz CT molecular complexity index is 279. The minimum Gasteiger partial charge on any atom is -0.0888 e. The van der Waals surface area contributed by atoms with E-state index < -0.39 is 0 Å². The Balaban J connectivity index is 2.29. The number of halogens is 2. The van der Waals surface area contributed by atoms with Crippen LogP contribution in [0.15, 0.2) is 24.3 Å². The summed E-state index contributed by atoms with van der Waals surface area (Å²) in [5.41, 5.74) is 1.38. The van der Waals surface area contributed by atoms with Gasteiger partial charge in [-0.2, -0.15) is 0 Å². The van der Waals surface area contributed by atoms with Gasteiger partial charge in [0.05, 0.1) is 0 Å². The lowest BCUT2D eigenvalue weighted by molar-refractivity contribution is 0.562. The molecule has 2 heteroatoms. The van der Waals surface area contributed by atoms with Crippen LogP contribution >= 0.6 is 27.5 Å². The molecule has 0 radical (unpaired) electrons. The average molecular weight is 290 g/mol. The monoisotopic (exact) mass is 288 g/mol. The molecule has 0 aliphatic heterocycles.